The minimum Gasteiger partial charge on any atom is -0.508 e. The average molecular weight is 233 g/mol. The number of hydrogen-bond donors (Lipinski definition) is 2. The van der Waals surface area contributed by atoms with Crippen LogP contribution in [0.3, 0.4) is 0 Å². The Morgan fingerprint density at radius 2 is 2.18 bits per heavy atom. The molecule has 0 bridgehead atoms. The van der Waals surface area contributed by atoms with Gasteiger partial charge in [0.15, 0.2) is 0 Å². The molecule has 3 heteroatoms. The van der Waals surface area contributed by atoms with E-state index in [1.165, 1.54) is 0 Å². The van der Waals surface area contributed by atoms with E-state index < -0.39 is 0 Å². The molecule has 2 atom stereocenters. The molecular formula is C14H19NO2. The van der Waals surface area contributed by atoms with Gasteiger partial charge in [0, 0.05) is 11.6 Å². The zero-order valence-corrected chi connectivity index (χ0v) is 10.4. The fourth-order valence-corrected chi connectivity index (χ4v) is 2.55. The van der Waals surface area contributed by atoms with E-state index in [9.17, 15) is 9.90 Å². The molecule has 2 rings (SSSR count). The normalized spacial score (nSPS) is 23.6. The highest BCUT2D eigenvalue weighted by atomic mass is 16.3. The highest BCUT2D eigenvalue weighted by molar-refractivity contribution is 5.93. The molecule has 0 heterocycles. The van der Waals surface area contributed by atoms with Crippen LogP contribution in [0.15, 0.2) is 18.2 Å². The molecule has 1 aromatic carbocycles. The maximum atomic E-state index is 12.1. The molecule has 1 amide bonds. The second-order valence-electron chi connectivity index (χ2n) is 5.00. The molecule has 1 saturated carbocycles. The zero-order chi connectivity index (χ0) is 12.4. The standard InChI is InChI=1S/C14H19NO2/c1-9-4-3-5-12(9)14(17)15-13-7-6-11(16)8-10(13)2/h6-9,12,16H,3-5H2,1-2H3,(H,15,17). The van der Waals surface area contributed by atoms with Gasteiger partial charge in [-0.3, -0.25) is 4.79 Å². The lowest BCUT2D eigenvalue weighted by atomic mass is 9.97. The first-order valence-electron chi connectivity index (χ1n) is 6.18. The molecule has 0 aliphatic heterocycles. The second kappa shape index (κ2) is 4.78. The van der Waals surface area contributed by atoms with Crippen LogP contribution in [0, 0.1) is 18.8 Å². The zero-order valence-electron chi connectivity index (χ0n) is 10.4. The third-order valence-corrected chi connectivity index (χ3v) is 3.67. The van der Waals surface area contributed by atoms with Crippen LogP contribution >= 0.6 is 0 Å². The van der Waals surface area contributed by atoms with E-state index in [4.69, 9.17) is 0 Å². The summed E-state index contributed by atoms with van der Waals surface area (Å²) in [6, 6.07) is 5.01. The summed E-state index contributed by atoms with van der Waals surface area (Å²) in [6.07, 6.45) is 3.28. The van der Waals surface area contributed by atoms with Gasteiger partial charge in [-0.2, -0.15) is 0 Å². The molecule has 0 spiro atoms. The number of carbonyl (C=O) groups excluding carboxylic acids is 1. The number of carbonyl (C=O) groups is 1. The van der Waals surface area contributed by atoms with E-state index in [-0.39, 0.29) is 17.6 Å². The number of rotatable bonds is 2. The Kier molecular flexibility index (Phi) is 3.36. The van der Waals surface area contributed by atoms with Crippen LogP contribution in [0.5, 0.6) is 5.75 Å². The fourth-order valence-electron chi connectivity index (χ4n) is 2.55. The molecule has 1 aromatic rings. The molecule has 2 N–H and O–H groups in total. The van der Waals surface area contributed by atoms with Gasteiger partial charge in [0.2, 0.25) is 5.91 Å². The molecule has 1 aliphatic carbocycles. The number of phenols is 1. The third-order valence-electron chi connectivity index (χ3n) is 3.67. The summed E-state index contributed by atoms with van der Waals surface area (Å²) in [7, 11) is 0. The van der Waals surface area contributed by atoms with Gasteiger partial charge in [-0.25, -0.2) is 0 Å². The monoisotopic (exact) mass is 233 g/mol. The Labute approximate surface area is 102 Å². The van der Waals surface area contributed by atoms with Crippen molar-refractivity contribution in [3.8, 4) is 5.75 Å². The highest BCUT2D eigenvalue weighted by Crippen LogP contribution is 2.32. The van der Waals surface area contributed by atoms with E-state index in [0.29, 0.717) is 5.92 Å². The molecule has 17 heavy (non-hydrogen) atoms. The van der Waals surface area contributed by atoms with Crippen molar-refractivity contribution in [2.45, 2.75) is 33.1 Å². The van der Waals surface area contributed by atoms with Gasteiger partial charge in [0.05, 0.1) is 0 Å². The van der Waals surface area contributed by atoms with E-state index in [0.717, 1.165) is 30.5 Å². The number of phenolic OH excluding ortho intramolecular Hbond substituents is 1. The number of aromatic hydroxyl groups is 1. The summed E-state index contributed by atoms with van der Waals surface area (Å²) in [4.78, 5) is 12.1. The Balaban J connectivity index is 2.07. The van der Waals surface area contributed by atoms with E-state index in [2.05, 4.69) is 12.2 Å². The highest BCUT2D eigenvalue weighted by Gasteiger charge is 2.29. The topological polar surface area (TPSA) is 49.3 Å². The Morgan fingerprint density at radius 1 is 1.41 bits per heavy atom. The lowest BCUT2D eigenvalue weighted by molar-refractivity contribution is -0.120. The molecule has 1 aliphatic rings. The van der Waals surface area contributed by atoms with Crippen LogP contribution in [0.25, 0.3) is 0 Å². The van der Waals surface area contributed by atoms with Crippen molar-refractivity contribution in [3.63, 3.8) is 0 Å². The largest absolute Gasteiger partial charge is 0.508 e. The first-order valence-corrected chi connectivity index (χ1v) is 6.18. The maximum absolute atomic E-state index is 12.1. The van der Waals surface area contributed by atoms with E-state index in [1.54, 1.807) is 18.2 Å². The Morgan fingerprint density at radius 3 is 2.76 bits per heavy atom. The van der Waals surface area contributed by atoms with Gasteiger partial charge in [0.25, 0.3) is 0 Å². The molecule has 0 saturated heterocycles. The molecule has 92 valence electrons. The molecule has 0 aromatic heterocycles. The predicted molar refractivity (Wildman–Crippen MR) is 68.0 cm³/mol. The molecular weight excluding hydrogens is 214 g/mol. The van der Waals surface area contributed by atoms with Gasteiger partial charge in [0.1, 0.15) is 5.75 Å². The lowest BCUT2D eigenvalue weighted by Gasteiger charge is -2.16. The first-order chi connectivity index (χ1) is 8.08. The summed E-state index contributed by atoms with van der Waals surface area (Å²) in [6.45, 7) is 4.02. The van der Waals surface area contributed by atoms with Crippen molar-refractivity contribution in [2.24, 2.45) is 11.8 Å². The number of aryl methyl sites for hydroxylation is 1. The Hall–Kier alpha value is -1.51. The van der Waals surface area contributed by atoms with Crippen molar-refractivity contribution in [2.75, 3.05) is 5.32 Å². The van der Waals surface area contributed by atoms with E-state index >= 15 is 0 Å². The predicted octanol–water partition coefficient (Wildman–Crippen LogP) is 3.08. The minimum absolute atomic E-state index is 0.115. The number of benzene rings is 1. The van der Waals surface area contributed by atoms with Crippen molar-refractivity contribution < 1.29 is 9.90 Å². The number of anilines is 1. The smallest absolute Gasteiger partial charge is 0.227 e. The first kappa shape index (κ1) is 12.0. The van der Waals surface area contributed by atoms with Gasteiger partial charge in [-0.05, 0) is 49.4 Å². The van der Waals surface area contributed by atoms with Crippen molar-refractivity contribution >= 4 is 11.6 Å². The summed E-state index contributed by atoms with van der Waals surface area (Å²) in [5, 5.41) is 12.3. The molecule has 1 fully saturated rings. The van der Waals surface area contributed by atoms with Crippen LogP contribution in [-0.2, 0) is 4.79 Å². The maximum Gasteiger partial charge on any atom is 0.227 e. The number of amides is 1. The summed E-state index contributed by atoms with van der Waals surface area (Å²) < 4.78 is 0. The van der Waals surface area contributed by atoms with Gasteiger partial charge in [-0.15, -0.1) is 0 Å². The van der Waals surface area contributed by atoms with Crippen LogP contribution in [0.1, 0.15) is 31.7 Å². The molecule has 0 radical (unpaired) electrons. The van der Waals surface area contributed by atoms with Crippen LogP contribution in [-0.4, -0.2) is 11.0 Å². The number of hydrogen-bond acceptors (Lipinski definition) is 2. The Bertz CT molecular complexity index is 428. The molecule has 2 unspecified atom stereocenters. The molecule has 3 nitrogen and oxygen atoms in total. The van der Waals surface area contributed by atoms with Crippen molar-refractivity contribution in [1.29, 1.82) is 0 Å². The average Bonchev–Trinajstić information content (AvgIpc) is 2.68. The number of nitrogens with one attached hydrogen (secondary N) is 1. The quantitative estimate of drug-likeness (QED) is 0.771. The van der Waals surface area contributed by atoms with Crippen molar-refractivity contribution in [3.05, 3.63) is 23.8 Å². The van der Waals surface area contributed by atoms with Crippen LogP contribution in [0.2, 0.25) is 0 Å². The van der Waals surface area contributed by atoms with Crippen molar-refractivity contribution in [1.82, 2.24) is 0 Å². The summed E-state index contributed by atoms with van der Waals surface area (Å²) in [5.74, 6) is 0.967. The second-order valence-corrected chi connectivity index (χ2v) is 5.00. The van der Waals surface area contributed by atoms with Gasteiger partial charge >= 0.3 is 0 Å². The van der Waals surface area contributed by atoms with Gasteiger partial charge in [-0.1, -0.05) is 13.3 Å². The van der Waals surface area contributed by atoms with Gasteiger partial charge < -0.3 is 10.4 Å². The fraction of sp³-hybridized carbons (Fsp3) is 0.500. The van der Waals surface area contributed by atoms with Crippen LogP contribution < -0.4 is 5.32 Å². The summed E-state index contributed by atoms with van der Waals surface area (Å²) in [5.41, 5.74) is 1.69. The minimum atomic E-state index is 0.115. The lowest BCUT2D eigenvalue weighted by Crippen LogP contribution is -2.24. The summed E-state index contributed by atoms with van der Waals surface area (Å²) >= 11 is 0. The third kappa shape index (κ3) is 2.60. The SMILES string of the molecule is Cc1cc(O)ccc1NC(=O)C1CCCC1C. The van der Waals surface area contributed by atoms with E-state index in [1.807, 2.05) is 6.92 Å². The van der Waals surface area contributed by atoms with Crippen LogP contribution in [0.4, 0.5) is 5.69 Å².